The van der Waals surface area contributed by atoms with Gasteiger partial charge in [-0.1, -0.05) is 18.2 Å². The molecule has 2 N–H and O–H groups in total. The van der Waals surface area contributed by atoms with Gasteiger partial charge >= 0.3 is 0 Å². The molecule has 0 atom stereocenters. The number of aromatic nitrogens is 1. The zero-order chi connectivity index (χ0) is 17.6. The first kappa shape index (κ1) is 16.8. The molecule has 128 valence electrons. The Morgan fingerprint density at radius 3 is 2.60 bits per heavy atom. The van der Waals surface area contributed by atoms with Crippen LogP contribution < -0.4 is 20.1 Å². The van der Waals surface area contributed by atoms with Gasteiger partial charge in [0, 0.05) is 17.1 Å². The van der Waals surface area contributed by atoms with E-state index in [1.54, 1.807) is 30.7 Å². The van der Waals surface area contributed by atoms with Gasteiger partial charge in [0.1, 0.15) is 17.2 Å². The summed E-state index contributed by atoms with van der Waals surface area (Å²) in [6.45, 7) is 0. The number of carbonyl (C=O) groups excluding carboxylic acids is 1. The molecule has 6 nitrogen and oxygen atoms in total. The summed E-state index contributed by atoms with van der Waals surface area (Å²) in [7, 11) is 3.11. The van der Waals surface area contributed by atoms with E-state index >= 15 is 0 Å². The zero-order valence-corrected chi connectivity index (χ0v) is 14.6. The largest absolute Gasteiger partial charge is 0.497 e. The van der Waals surface area contributed by atoms with E-state index in [-0.39, 0.29) is 5.91 Å². The van der Waals surface area contributed by atoms with Crippen LogP contribution in [-0.4, -0.2) is 25.1 Å². The number of nitrogens with zero attached hydrogens (tertiary/aromatic N) is 1. The van der Waals surface area contributed by atoms with Crippen LogP contribution in [0.15, 0.2) is 53.9 Å². The Morgan fingerprint density at radius 2 is 1.88 bits per heavy atom. The summed E-state index contributed by atoms with van der Waals surface area (Å²) in [6, 6.07) is 14.9. The highest BCUT2D eigenvalue weighted by Crippen LogP contribution is 2.29. The molecular formula is C18H17N3O3S. The molecule has 0 aliphatic carbocycles. The second kappa shape index (κ2) is 7.67. The van der Waals surface area contributed by atoms with Gasteiger partial charge in [0.05, 0.1) is 19.9 Å². The van der Waals surface area contributed by atoms with Crippen LogP contribution in [-0.2, 0) is 0 Å². The normalized spacial score (nSPS) is 10.2. The lowest BCUT2D eigenvalue weighted by molar-refractivity contribution is 0.102. The van der Waals surface area contributed by atoms with Crippen LogP contribution in [0.5, 0.6) is 11.5 Å². The van der Waals surface area contributed by atoms with Gasteiger partial charge < -0.3 is 20.1 Å². The molecule has 2 aromatic carbocycles. The fourth-order valence-corrected chi connectivity index (χ4v) is 2.88. The molecule has 3 aromatic rings. The molecule has 25 heavy (non-hydrogen) atoms. The first-order valence-electron chi connectivity index (χ1n) is 7.50. The van der Waals surface area contributed by atoms with Gasteiger partial charge in [-0.25, -0.2) is 4.98 Å². The van der Waals surface area contributed by atoms with Crippen LogP contribution >= 0.6 is 11.3 Å². The minimum absolute atomic E-state index is 0.305. The number of hydrogen-bond acceptors (Lipinski definition) is 6. The maximum Gasteiger partial charge on any atom is 0.275 e. The number of rotatable bonds is 6. The third kappa shape index (κ3) is 4.07. The molecule has 7 heteroatoms. The van der Waals surface area contributed by atoms with Gasteiger partial charge in [0.15, 0.2) is 5.13 Å². The number of para-hydroxylation sites is 1. The van der Waals surface area contributed by atoms with Crippen molar-refractivity contribution in [3.05, 3.63) is 59.6 Å². The molecule has 1 amide bonds. The highest BCUT2D eigenvalue weighted by molar-refractivity contribution is 7.14. The summed E-state index contributed by atoms with van der Waals surface area (Å²) >= 11 is 1.36. The fourth-order valence-electron chi connectivity index (χ4n) is 2.17. The Kier molecular flexibility index (Phi) is 5.15. The summed E-state index contributed by atoms with van der Waals surface area (Å²) in [4.78, 5) is 16.7. The molecule has 3 rings (SSSR count). The lowest BCUT2D eigenvalue weighted by atomic mass is 10.2. The molecule has 0 aliphatic heterocycles. The van der Waals surface area contributed by atoms with Crippen molar-refractivity contribution in [2.45, 2.75) is 0 Å². The van der Waals surface area contributed by atoms with Crippen LogP contribution in [0.25, 0.3) is 0 Å². The van der Waals surface area contributed by atoms with Crippen molar-refractivity contribution < 1.29 is 14.3 Å². The average molecular weight is 355 g/mol. The molecule has 0 aliphatic rings. The van der Waals surface area contributed by atoms with Crippen LogP contribution in [0.3, 0.4) is 0 Å². The molecule has 1 aromatic heterocycles. The van der Waals surface area contributed by atoms with E-state index < -0.39 is 0 Å². The van der Waals surface area contributed by atoms with Gasteiger partial charge in [0.2, 0.25) is 0 Å². The molecule has 0 spiro atoms. The van der Waals surface area contributed by atoms with Gasteiger partial charge in [0.25, 0.3) is 5.91 Å². The zero-order valence-electron chi connectivity index (χ0n) is 13.8. The van der Waals surface area contributed by atoms with Crippen molar-refractivity contribution in [1.29, 1.82) is 0 Å². The molecule has 0 fully saturated rings. The standard InChI is InChI=1S/C18H17N3O3S/c1-23-13-8-9-14(16(10-13)24-2)20-17(22)15-11-25-18(21-15)19-12-6-4-3-5-7-12/h3-11H,1-2H3,(H,19,21)(H,20,22). The van der Waals surface area contributed by atoms with E-state index in [1.165, 1.54) is 18.4 Å². The predicted molar refractivity (Wildman–Crippen MR) is 99.3 cm³/mol. The Morgan fingerprint density at radius 1 is 1.08 bits per heavy atom. The summed E-state index contributed by atoms with van der Waals surface area (Å²) in [5, 5.41) is 8.33. The van der Waals surface area contributed by atoms with E-state index in [0.29, 0.717) is 28.0 Å². The summed E-state index contributed by atoms with van der Waals surface area (Å²) in [6.07, 6.45) is 0. The number of benzene rings is 2. The molecule has 0 saturated carbocycles. The van der Waals surface area contributed by atoms with Crippen LogP contribution in [0.1, 0.15) is 10.5 Å². The summed E-state index contributed by atoms with van der Waals surface area (Å²) in [5.74, 6) is 0.865. The molecule has 1 heterocycles. The maximum absolute atomic E-state index is 12.4. The van der Waals surface area contributed by atoms with Crippen molar-refractivity contribution in [3.63, 3.8) is 0 Å². The number of anilines is 3. The second-order valence-electron chi connectivity index (χ2n) is 5.05. The van der Waals surface area contributed by atoms with Gasteiger partial charge in [-0.05, 0) is 24.3 Å². The van der Waals surface area contributed by atoms with Crippen LogP contribution in [0, 0.1) is 0 Å². The molecular weight excluding hydrogens is 338 g/mol. The predicted octanol–water partition coefficient (Wildman–Crippen LogP) is 4.16. The number of nitrogens with one attached hydrogen (secondary N) is 2. The Balaban J connectivity index is 1.72. The lowest BCUT2D eigenvalue weighted by Gasteiger charge is -2.10. The maximum atomic E-state index is 12.4. The highest BCUT2D eigenvalue weighted by atomic mass is 32.1. The lowest BCUT2D eigenvalue weighted by Crippen LogP contribution is -2.13. The summed E-state index contributed by atoms with van der Waals surface area (Å²) < 4.78 is 10.4. The molecule has 0 radical (unpaired) electrons. The minimum Gasteiger partial charge on any atom is -0.497 e. The molecule has 0 saturated heterocycles. The second-order valence-corrected chi connectivity index (χ2v) is 5.91. The number of hydrogen-bond donors (Lipinski definition) is 2. The van der Waals surface area contributed by atoms with Crippen LogP contribution in [0.2, 0.25) is 0 Å². The van der Waals surface area contributed by atoms with E-state index in [1.807, 2.05) is 30.3 Å². The monoisotopic (exact) mass is 355 g/mol. The third-order valence-electron chi connectivity index (χ3n) is 3.42. The Bertz CT molecular complexity index is 865. The Labute approximate surface area is 149 Å². The smallest absolute Gasteiger partial charge is 0.275 e. The molecule has 0 unspecified atom stereocenters. The number of carbonyl (C=O) groups is 1. The fraction of sp³-hybridized carbons (Fsp3) is 0.111. The minimum atomic E-state index is -0.305. The highest BCUT2D eigenvalue weighted by Gasteiger charge is 2.14. The number of methoxy groups -OCH3 is 2. The van der Waals surface area contributed by atoms with Gasteiger partial charge in [-0.3, -0.25) is 4.79 Å². The topological polar surface area (TPSA) is 72.5 Å². The molecule has 0 bridgehead atoms. The quantitative estimate of drug-likeness (QED) is 0.695. The Hall–Kier alpha value is -3.06. The summed E-state index contributed by atoms with van der Waals surface area (Å²) in [5.41, 5.74) is 1.81. The average Bonchev–Trinajstić information content (AvgIpc) is 3.11. The first-order chi connectivity index (χ1) is 12.2. The van der Waals surface area contributed by atoms with Crippen molar-refractivity contribution in [1.82, 2.24) is 4.98 Å². The SMILES string of the molecule is COc1ccc(NC(=O)c2csc(Nc3ccccc3)n2)c(OC)c1. The number of thiazole rings is 1. The van der Waals surface area contributed by atoms with Crippen molar-refractivity contribution >= 4 is 33.8 Å². The van der Waals surface area contributed by atoms with Crippen LogP contribution in [0.4, 0.5) is 16.5 Å². The van der Waals surface area contributed by atoms with Gasteiger partial charge in [-0.15, -0.1) is 11.3 Å². The van der Waals surface area contributed by atoms with E-state index in [0.717, 1.165) is 5.69 Å². The third-order valence-corrected chi connectivity index (χ3v) is 4.18. The number of amides is 1. The van der Waals surface area contributed by atoms with Gasteiger partial charge in [-0.2, -0.15) is 0 Å². The van der Waals surface area contributed by atoms with Crippen molar-refractivity contribution in [2.75, 3.05) is 24.9 Å². The van der Waals surface area contributed by atoms with E-state index in [2.05, 4.69) is 15.6 Å². The first-order valence-corrected chi connectivity index (χ1v) is 8.38. The van der Waals surface area contributed by atoms with E-state index in [4.69, 9.17) is 9.47 Å². The van der Waals surface area contributed by atoms with Crippen molar-refractivity contribution in [2.24, 2.45) is 0 Å². The van der Waals surface area contributed by atoms with Crippen molar-refractivity contribution in [3.8, 4) is 11.5 Å². The number of ether oxygens (including phenoxy) is 2. The van der Waals surface area contributed by atoms with E-state index in [9.17, 15) is 4.79 Å².